The van der Waals surface area contributed by atoms with Gasteiger partial charge in [-0.15, -0.1) is 0 Å². The lowest BCUT2D eigenvalue weighted by molar-refractivity contribution is -0.133. The number of carbonyl (C=O) groups excluding carboxylic acids is 1. The molecule has 25 heavy (non-hydrogen) atoms. The number of benzene rings is 1. The van der Waals surface area contributed by atoms with E-state index in [0.29, 0.717) is 26.1 Å². The minimum Gasteiger partial charge on any atom is -0.395 e. The van der Waals surface area contributed by atoms with Gasteiger partial charge in [0, 0.05) is 51.1 Å². The fourth-order valence-corrected chi connectivity index (χ4v) is 3.91. The number of hydrogen-bond donors (Lipinski definition) is 2. The smallest absolute Gasteiger partial charge is 0.224 e. The van der Waals surface area contributed by atoms with Gasteiger partial charge in [-0.1, -0.05) is 0 Å². The first-order valence-electron chi connectivity index (χ1n) is 8.84. The van der Waals surface area contributed by atoms with Crippen molar-refractivity contribution < 1.29 is 18.7 Å². The molecular weight excluding hydrogens is 328 g/mol. The van der Waals surface area contributed by atoms with Gasteiger partial charge in [-0.2, -0.15) is 0 Å². The van der Waals surface area contributed by atoms with Gasteiger partial charge >= 0.3 is 0 Å². The van der Waals surface area contributed by atoms with Crippen molar-refractivity contribution >= 4 is 5.91 Å². The van der Waals surface area contributed by atoms with Crippen molar-refractivity contribution in [1.29, 1.82) is 0 Å². The third-order valence-corrected chi connectivity index (χ3v) is 5.37. The molecule has 0 radical (unpaired) electrons. The maximum Gasteiger partial charge on any atom is 0.224 e. The first kappa shape index (κ1) is 18.2. The quantitative estimate of drug-likeness (QED) is 0.823. The summed E-state index contributed by atoms with van der Waals surface area (Å²) in [6.07, 6.45) is 1.60. The highest BCUT2D eigenvalue weighted by Crippen LogP contribution is 2.37. The predicted octanol–water partition coefficient (Wildman–Crippen LogP) is 0.849. The summed E-state index contributed by atoms with van der Waals surface area (Å²) in [5.41, 5.74) is 7.80. The molecule has 1 amide bonds. The van der Waals surface area contributed by atoms with Crippen LogP contribution < -0.4 is 5.73 Å². The largest absolute Gasteiger partial charge is 0.395 e. The molecule has 1 aromatic carbocycles. The first-order chi connectivity index (χ1) is 12.0. The molecule has 2 atom stereocenters. The fourth-order valence-electron chi connectivity index (χ4n) is 3.91. The number of aliphatic hydroxyl groups excluding tert-OH is 1. The molecule has 1 heterocycles. The van der Waals surface area contributed by atoms with Crippen LogP contribution in [0.4, 0.5) is 8.78 Å². The van der Waals surface area contributed by atoms with Crippen LogP contribution in [0.3, 0.4) is 0 Å². The van der Waals surface area contributed by atoms with E-state index in [0.717, 1.165) is 30.6 Å². The Morgan fingerprint density at radius 3 is 2.60 bits per heavy atom. The molecule has 1 aromatic rings. The monoisotopic (exact) mass is 353 g/mol. The number of amides is 1. The normalized spacial score (nSPS) is 22.1. The molecular formula is C18H25F2N3O2. The highest BCUT2D eigenvalue weighted by Gasteiger charge is 2.32. The lowest BCUT2D eigenvalue weighted by Crippen LogP contribution is -2.50. The van der Waals surface area contributed by atoms with E-state index >= 15 is 0 Å². The summed E-state index contributed by atoms with van der Waals surface area (Å²) in [6.45, 7) is 3.51. The number of hydrogen-bond acceptors (Lipinski definition) is 4. The molecule has 2 aliphatic rings. The van der Waals surface area contributed by atoms with Crippen LogP contribution in [0.5, 0.6) is 0 Å². The van der Waals surface area contributed by atoms with E-state index in [1.165, 1.54) is 12.1 Å². The second-order valence-corrected chi connectivity index (χ2v) is 6.92. The molecule has 0 aromatic heterocycles. The molecule has 0 saturated carbocycles. The van der Waals surface area contributed by atoms with Crippen LogP contribution in [-0.2, 0) is 11.2 Å². The second-order valence-electron chi connectivity index (χ2n) is 6.92. The van der Waals surface area contributed by atoms with Gasteiger partial charge in [0.2, 0.25) is 5.91 Å². The summed E-state index contributed by atoms with van der Waals surface area (Å²) >= 11 is 0. The lowest BCUT2D eigenvalue weighted by atomic mass is 9.91. The molecule has 3 N–H and O–H groups in total. The number of aryl methyl sites for hydroxylation is 1. The zero-order valence-electron chi connectivity index (χ0n) is 14.3. The van der Waals surface area contributed by atoms with E-state index in [-0.39, 0.29) is 24.9 Å². The standard InChI is InChI=1S/C18H25F2N3O2/c19-15-9-12-1-2-13(14(12)10-16(15)20)17(21)11-18(25)23-5-3-22(4-6-23)7-8-24/h9-10,13,17,24H,1-8,11,21H2. The Hall–Kier alpha value is -1.57. The average Bonchev–Trinajstić information content (AvgIpc) is 2.99. The Morgan fingerprint density at radius 1 is 1.24 bits per heavy atom. The van der Waals surface area contributed by atoms with Crippen LogP contribution in [0.15, 0.2) is 12.1 Å². The Balaban J connectivity index is 1.58. The minimum absolute atomic E-state index is 0.00665. The van der Waals surface area contributed by atoms with Crippen molar-refractivity contribution in [2.45, 2.75) is 31.2 Å². The van der Waals surface area contributed by atoms with Gasteiger partial charge in [0.25, 0.3) is 0 Å². The topological polar surface area (TPSA) is 69.8 Å². The highest BCUT2D eigenvalue weighted by molar-refractivity contribution is 5.77. The second kappa shape index (κ2) is 7.76. The van der Waals surface area contributed by atoms with Crippen molar-refractivity contribution in [1.82, 2.24) is 9.80 Å². The van der Waals surface area contributed by atoms with E-state index < -0.39 is 17.7 Å². The van der Waals surface area contributed by atoms with Crippen LogP contribution in [-0.4, -0.2) is 66.2 Å². The van der Waals surface area contributed by atoms with Crippen molar-refractivity contribution in [2.24, 2.45) is 5.73 Å². The number of β-amino-alcohol motifs (C(OH)–C–C–N with tert-alkyl or cyclic N) is 1. The SMILES string of the molecule is NC(CC(=O)N1CCN(CCO)CC1)C1CCc2cc(F)c(F)cc21. The number of aliphatic hydroxyl groups is 1. The Kier molecular flexibility index (Phi) is 5.66. The van der Waals surface area contributed by atoms with Gasteiger partial charge < -0.3 is 15.7 Å². The fraction of sp³-hybridized carbons (Fsp3) is 0.611. The van der Waals surface area contributed by atoms with E-state index in [1.807, 2.05) is 0 Å². The summed E-state index contributed by atoms with van der Waals surface area (Å²) in [7, 11) is 0. The summed E-state index contributed by atoms with van der Waals surface area (Å²) in [5.74, 6) is -1.79. The Morgan fingerprint density at radius 2 is 1.92 bits per heavy atom. The number of nitrogens with zero attached hydrogens (tertiary/aromatic N) is 2. The van der Waals surface area contributed by atoms with E-state index in [1.54, 1.807) is 4.90 Å². The van der Waals surface area contributed by atoms with Crippen molar-refractivity contribution in [3.63, 3.8) is 0 Å². The van der Waals surface area contributed by atoms with Gasteiger partial charge in [-0.25, -0.2) is 8.78 Å². The van der Waals surface area contributed by atoms with Gasteiger partial charge in [0.15, 0.2) is 11.6 Å². The maximum atomic E-state index is 13.6. The number of rotatable bonds is 5. The summed E-state index contributed by atoms with van der Waals surface area (Å²) in [5, 5.41) is 8.96. The maximum absolute atomic E-state index is 13.6. The molecule has 1 aliphatic heterocycles. The molecule has 7 heteroatoms. The molecule has 1 saturated heterocycles. The molecule has 138 valence electrons. The molecule has 5 nitrogen and oxygen atoms in total. The Labute approximate surface area is 146 Å². The van der Waals surface area contributed by atoms with E-state index in [2.05, 4.69) is 4.90 Å². The van der Waals surface area contributed by atoms with Gasteiger partial charge in [0.05, 0.1) is 6.61 Å². The summed E-state index contributed by atoms with van der Waals surface area (Å²) in [4.78, 5) is 16.4. The summed E-state index contributed by atoms with van der Waals surface area (Å²) in [6, 6.07) is 2.09. The Bertz CT molecular complexity index is 633. The molecule has 1 aliphatic carbocycles. The van der Waals surface area contributed by atoms with Crippen LogP contribution in [0.2, 0.25) is 0 Å². The number of nitrogens with two attached hydrogens (primary N) is 1. The number of fused-ring (bicyclic) bond motifs is 1. The molecule has 0 bridgehead atoms. The lowest BCUT2D eigenvalue weighted by Gasteiger charge is -2.35. The zero-order valence-corrected chi connectivity index (χ0v) is 14.3. The number of piperazine rings is 1. The number of carbonyl (C=O) groups is 1. The van der Waals surface area contributed by atoms with Gasteiger partial charge in [-0.05, 0) is 36.1 Å². The number of halogens is 2. The summed E-state index contributed by atoms with van der Waals surface area (Å²) < 4.78 is 26.9. The third kappa shape index (κ3) is 3.99. The average molecular weight is 353 g/mol. The minimum atomic E-state index is -0.857. The van der Waals surface area contributed by atoms with Crippen LogP contribution in [0.25, 0.3) is 0 Å². The van der Waals surface area contributed by atoms with Crippen LogP contribution in [0.1, 0.15) is 29.9 Å². The van der Waals surface area contributed by atoms with E-state index in [9.17, 15) is 13.6 Å². The van der Waals surface area contributed by atoms with Crippen molar-refractivity contribution in [2.75, 3.05) is 39.3 Å². The molecule has 1 fully saturated rings. The van der Waals surface area contributed by atoms with Crippen LogP contribution >= 0.6 is 0 Å². The molecule has 3 rings (SSSR count). The first-order valence-corrected chi connectivity index (χ1v) is 8.84. The van der Waals surface area contributed by atoms with Crippen LogP contribution in [0, 0.1) is 11.6 Å². The predicted molar refractivity (Wildman–Crippen MR) is 90.1 cm³/mol. The van der Waals surface area contributed by atoms with Gasteiger partial charge in [0.1, 0.15) is 0 Å². The van der Waals surface area contributed by atoms with Crippen molar-refractivity contribution in [3.8, 4) is 0 Å². The highest BCUT2D eigenvalue weighted by atomic mass is 19.2. The molecule has 2 unspecified atom stereocenters. The van der Waals surface area contributed by atoms with Crippen molar-refractivity contribution in [3.05, 3.63) is 34.9 Å². The zero-order chi connectivity index (χ0) is 18.0. The van der Waals surface area contributed by atoms with Gasteiger partial charge in [-0.3, -0.25) is 9.69 Å². The third-order valence-electron chi connectivity index (χ3n) is 5.37. The molecule has 0 spiro atoms. The van der Waals surface area contributed by atoms with E-state index in [4.69, 9.17) is 10.8 Å².